The maximum absolute atomic E-state index is 10.8. The lowest BCUT2D eigenvalue weighted by Crippen LogP contribution is -2.36. The van der Waals surface area contributed by atoms with Crippen LogP contribution in [-0.4, -0.2) is 55.6 Å². The Kier molecular flexibility index (Phi) is 12.7. The summed E-state index contributed by atoms with van der Waals surface area (Å²) in [6, 6.07) is 20.3. The monoisotopic (exact) mass is 486 g/mol. The molecule has 1 aliphatic heterocycles. The normalized spacial score (nSPS) is 23.6. The molecule has 0 bridgehead atoms. The standard InChI is InChI=1S/C29H42O6/c1-3-32-23(2)33-19-10-15-27-26(30)16-17-28(34-22-25-13-8-5-9-14-25)29(35-27)18-20-31-21-24-11-6-4-7-12-24/h4-9,11-14,23,26-30H,3,10,15-22H2,1-2H3/t23?,26-,27+,28-,29+/m1/s1. The summed E-state index contributed by atoms with van der Waals surface area (Å²) in [4.78, 5) is 0. The molecule has 194 valence electrons. The lowest BCUT2D eigenvalue weighted by Gasteiger charge is -2.28. The van der Waals surface area contributed by atoms with Crippen molar-refractivity contribution < 1.29 is 28.8 Å². The van der Waals surface area contributed by atoms with Crippen LogP contribution in [0.15, 0.2) is 60.7 Å². The first-order valence-electron chi connectivity index (χ1n) is 13.0. The molecule has 1 N–H and O–H groups in total. The molecule has 0 aromatic heterocycles. The van der Waals surface area contributed by atoms with E-state index in [0.29, 0.717) is 45.9 Å². The summed E-state index contributed by atoms with van der Waals surface area (Å²) in [6.45, 7) is 6.74. The molecule has 35 heavy (non-hydrogen) atoms. The van der Waals surface area contributed by atoms with E-state index in [1.807, 2.05) is 50.2 Å². The molecule has 0 saturated carbocycles. The molecule has 2 aromatic carbocycles. The lowest BCUT2D eigenvalue weighted by molar-refractivity contribution is -0.138. The van der Waals surface area contributed by atoms with Crippen molar-refractivity contribution in [1.29, 1.82) is 0 Å². The SMILES string of the molecule is CCOC(C)OCCC[C@@H]1O[C@@H](CCOCc2ccccc2)[C@H](OCc2ccccc2)CC[C@H]1O. The van der Waals surface area contributed by atoms with Crippen LogP contribution in [-0.2, 0) is 36.9 Å². The number of ether oxygens (including phenoxy) is 5. The van der Waals surface area contributed by atoms with E-state index in [0.717, 1.165) is 30.4 Å². The second kappa shape index (κ2) is 16.0. The van der Waals surface area contributed by atoms with Gasteiger partial charge in [0.2, 0.25) is 0 Å². The molecule has 6 heteroatoms. The first-order valence-corrected chi connectivity index (χ1v) is 13.0. The zero-order chi connectivity index (χ0) is 24.7. The average molecular weight is 487 g/mol. The largest absolute Gasteiger partial charge is 0.390 e. The summed E-state index contributed by atoms with van der Waals surface area (Å²) in [5.74, 6) is 0. The molecule has 0 spiro atoms. The first-order chi connectivity index (χ1) is 17.2. The zero-order valence-corrected chi connectivity index (χ0v) is 21.2. The summed E-state index contributed by atoms with van der Waals surface area (Å²) < 4.78 is 29.9. The highest BCUT2D eigenvalue weighted by molar-refractivity contribution is 5.14. The molecule has 2 aromatic rings. The Bertz CT molecular complexity index is 786. The van der Waals surface area contributed by atoms with Gasteiger partial charge in [-0.1, -0.05) is 60.7 Å². The van der Waals surface area contributed by atoms with Gasteiger partial charge < -0.3 is 28.8 Å². The van der Waals surface area contributed by atoms with E-state index in [-0.39, 0.29) is 24.6 Å². The molecule has 0 aliphatic carbocycles. The zero-order valence-electron chi connectivity index (χ0n) is 21.2. The van der Waals surface area contributed by atoms with Gasteiger partial charge in [-0.15, -0.1) is 0 Å². The molecule has 0 radical (unpaired) electrons. The number of hydrogen-bond acceptors (Lipinski definition) is 6. The Balaban J connectivity index is 1.53. The molecular weight excluding hydrogens is 444 g/mol. The quantitative estimate of drug-likeness (QED) is 0.273. The highest BCUT2D eigenvalue weighted by Gasteiger charge is 2.34. The van der Waals surface area contributed by atoms with Gasteiger partial charge in [0, 0.05) is 19.8 Å². The van der Waals surface area contributed by atoms with Crippen LogP contribution in [0.2, 0.25) is 0 Å². The van der Waals surface area contributed by atoms with E-state index in [9.17, 15) is 5.11 Å². The van der Waals surface area contributed by atoms with Crippen molar-refractivity contribution in [2.24, 2.45) is 0 Å². The maximum Gasteiger partial charge on any atom is 0.154 e. The molecule has 6 nitrogen and oxygen atoms in total. The van der Waals surface area contributed by atoms with Crippen molar-refractivity contribution in [3.8, 4) is 0 Å². The summed E-state index contributed by atoms with van der Waals surface area (Å²) in [7, 11) is 0. The number of aliphatic hydroxyl groups excluding tert-OH is 1. The topological polar surface area (TPSA) is 66.4 Å². The van der Waals surface area contributed by atoms with E-state index in [1.54, 1.807) is 0 Å². The van der Waals surface area contributed by atoms with Crippen molar-refractivity contribution in [2.75, 3.05) is 19.8 Å². The highest BCUT2D eigenvalue weighted by Crippen LogP contribution is 2.27. The van der Waals surface area contributed by atoms with Crippen LogP contribution in [0.4, 0.5) is 0 Å². The molecule has 1 heterocycles. The lowest BCUT2D eigenvalue weighted by atomic mass is 10.0. The predicted molar refractivity (Wildman–Crippen MR) is 136 cm³/mol. The fourth-order valence-electron chi connectivity index (χ4n) is 4.37. The predicted octanol–water partition coefficient (Wildman–Crippen LogP) is 5.27. The van der Waals surface area contributed by atoms with Crippen LogP contribution in [0.5, 0.6) is 0 Å². The van der Waals surface area contributed by atoms with Gasteiger partial charge in [-0.25, -0.2) is 0 Å². The summed E-state index contributed by atoms with van der Waals surface area (Å²) in [5.41, 5.74) is 2.29. The minimum atomic E-state index is -0.516. The van der Waals surface area contributed by atoms with Gasteiger partial charge in [-0.05, 0) is 57.1 Å². The minimum absolute atomic E-state index is 0.0931. The van der Waals surface area contributed by atoms with E-state index in [4.69, 9.17) is 23.7 Å². The Labute approximate surface area is 210 Å². The Morgan fingerprint density at radius 2 is 1.54 bits per heavy atom. The van der Waals surface area contributed by atoms with Crippen LogP contribution in [0.25, 0.3) is 0 Å². The number of benzene rings is 2. The molecule has 1 unspecified atom stereocenters. The first kappa shape index (κ1) is 27.8. The van der Waals surface area contributed by atoms with Crippen molar-refractivity contribution in [2.45, 2.75) is 89.9 Å². The molecule has 5 atom stereocenters. The van der Waals surface area contributed by atoms with Gasteiger partial charge in [0.15, 0.2) is 6.29 Å². The summed E-state index contributed by atoms with van der Waals surface area (Å²) in [5, 5.41) is 10.8. The Morgan fingerprint density at radius 3 is 2.23 bits per heavy atom. The van der Waals surface area contributed by atoms with Gasteiger partial charge >= 0.3 is 0 Å². The number of rotatable bonds is 15. The maximum atomic E-state index is 10.8. The number of hydrogen-bond donors (Lipinski definition) is 1. The molecule has 3 rings (SSSR count). The average Bonchev–Trinajstić information content (AvgIpc) is 3.03. The Hall–Kier alpha value is -1.80. The molecule has 1 aliphatic rings. The molecule has 1 fully saturated rings. The molecule has 0 amide bonds. The van der Waals surface area contributed by atoms with E-state index in [1.165, 1.54) is 0 Å². The second-order valence-electron chi connectivity index (χ2n) is 9.06. The second-order valence-corrected chi connectivity index (χ2v) is 9.06. The van der Waals surface area contributed by atoms with Crippen LogP contribution >= 0.6 is 0 Å². The van der Waals surface area contributed by atoms with Crippen LogP contribution in [0.1, 0.15) is 57.1 Å². The Morgan fingerprint density at radius 1 is 0.857 bits per heavy atom. The van der Waals surface area contributed by atoms with Crippen LogP contribution < -0.4 is 0 Å². The fourth-order valence-corrected chi connectivity index (χ4v) is 4.37. The fraction of sp³-hybridized carbons (Fsp3) is 0.586. The van der Waals surface area contributed by atoms with Crippen molar-refractivity contribution in [3.63, 3.8) is 0 Å². The van der Waals surface area contributed by atoms with Crippen LogP contribution in [0, 0.1) is 0 Å². The van der Waals surface area contributed by atoms with E-state index in [2.05, 4.69) is 24.3 Å². The van der Waals surface area contributed by atoms with Crippen molar-refractivity contribution in [1.82, 2.24) is 0 Å². The van der Waals surface area contributed by atoms with Gasteiger partial charge in [0.05, 0.1) is 37.6 Å². The van der Waals surface area contributed by atoms with Crippen LogP contribution in [0.3, 0.4) is 0 Å². The minimum Gasteiger partial charge on any atom is -0.390 e. The number of aliphatic hydroxyl groups is 1. The van der Waals surface area contributed by atoms with Gasteiger partial charge in [-0.3, -0.25) is 0 Å². The van der Waals surface area contributed by atoms with Crippen molar-refractivity contribution in [3.05, 3.63) is 71.8 Å². The third-order valence-electron chi connectivity index (χ3n) is 6.29. The van der Waals surface area contributed by atoms with E-state index < -0.39 is 6.10 Å². The van der Waals surface area contributed by atoms with Gasteiger partial charge in [0.25, 0.3) is 0 Å². The third-order valence-corrected chi connectivity index (χ3v) is 6.29. The molecule has 1 saturated heterocycles. The third kappa shape index (κ3) is 10.4. The molecular formula is C29H42O6. The van der Waals surface area contributed by atoms with Crippen molar-refractivity contribution >= 4 is 0 Å². The van der Waals surface area contributed by atoms with E-state index >= 15 is 0 Å². The summed E-state index contributed by atoms with van der Waals surface area (Å²) in [6.07, 6.45) is 2.44. The highest BCUT2D eigenvalue weighted by atomic mass is 16.7. The van der Waals surface area contributed by atoms with Gasteiger partial charge in [0.1, 0.15) is 0 Å². The smallest absolute Gasteiger partial charge is 0.154 e. The van der Waals surface area contributed by atoms with Gasteiger partial charge in [-0.2, -0.15) is 0 Å². The summed E-state index contributed by atoms with van der Waals surface area (Å²) >= 11 is 0.